The van der Waals surface area contributed by atoms with Crippen LogP contribution in [0.3, 0.4) is 0 Å². The van der Waals surface area contributed by atoms with E-state index in [9.17, 15) is 4.79 Å². The van der Waals surface area contributed by atoms with Crippen molar-refractivity contribution >= 4 is 5.91 Å². The molecule has 1 rings (SSSR count). The average Bonchev–Trinajstić information content (AvgIpc) is 2.31. The smallest absolute Gasteiger partial charge is 0.222 e. The highest BCUT2D eigenvalue weighted by molar-refractivity contribution is 5.78. The van der Waals surface area contributed by atoms with Crippen molar-refractivity contribution in [2.75, 3.05) is 19.6 Å². The molecule has 1 fully saturated rings. The van der Waals surface area contributed by atoms with Gasteiger partial charge in [0.25, 0.3) is 0 Å². The predicted molar refractivity (Wildman–Crippen MR) is 35.8 cm³/mol. The Labute approximate surface area is 59.7 Å². The number of rotatable bonds is 3. The summed E-state index contributed by atoms with van der Waals surface area (Å²) in [6, 6.07) is 0. The van der Waals surface area contributed by atoms with Crippen molar-refractivity contribution in [3.05, 3.63) is 0 Å². The first-order valence-corrected chi connectivity index (χ1v) is 3.45. The van der Waals surface area contributed by atoms with Gasteiger partial charge in [-0.1, -0.05) is 0 Å². The van der Waals surface area contributed by atoms with E-state index in [1.165, 1.54) is 0 Å². The summed E-state index contributed by atoms with van der Waals surface area (Å²) in [5.74, 6) is 0.212. The summed E-state index contributed by atoms with van der Waals surface area (Å²) in [7, 11) is 0. The summed E-state index contributed by atoms with van der Waals surface area (Å²) < 4.78 is 0. The summed E-state index contributed by atoms with van der Waals surface area (Å²) in [5, 5.41) is 3.19. The Morgan fingerprint density at radius 2 is 2.50 bits per heavy atom. The molecule has 1 saturated heterocycles. The third-order valence-corrected chi connectivity index (χ3v) is 1.65. The van der Waals surface area contributed by atoms with Crippen LogP contribution >= 0.6 is 0 Å². The van der Waals surface area contributed by atoms with Gasteiger partial charge in [-0.2, -0.15) is 5.11 Å². The van der Waals surface area contributed by atoms with Gasteiger partial charge in [0, 0.05) is 19.5 Å². The monoisotopic (exact) mass is 141 g/mol. The fourth-order valence-electron chi connectivity index (χ4n) is 1.11. The largest absolute Gasteiger partial charge is 0.341 e. The molecule has 1 N–H and O–H groups in total. The summed E-state index contributed by atoms with van der Waals surface area (Å²) in [6.45, 7) is 1.93. The number of carbonyl (C=O) groups excluding carboxylic acids is 1. The third kappa shape index (κ3) is 1.52. The molecule has 0 aliphatic carbocycles. The molecule has 0 aromatic heterocycles. The molecule has 1 heterocycles. The first kappa shape index (κ1) is 7.18. The van der Waals surface area contributed by atoms with E-state index in [1.807, 2.05) is 0 Å². The molecule has 56 valence electrons. The minimum atomic E-state index is 0.212. The molecule has 0 atom stereocenters. The van der Waals surface area contributed by atoms with Crippen LogP contribution in [0.4, 0.5) is 0 Å². The first-order valence-electron chi connectivity index (χ1n) is 3.45. The third-order valence-electron chi connectivity index (χ3n) is 1.65. The van der Waals surface area contributed by atoms with Crippen LogP contribution in [0.2, 0.25) is 0 Å². The van der Waals surface area contributed by atoms with E-state index in [1.54, 1.807) is 4.90 Å². The second-order valence-electron chi connectivity index (χ2n) is 2.37. The number of nitrogens with zero attached hydrogens (tertiary/aromatic N) is 2. The lowest BCUT2D eigenvalue weighted by Gasteiger charge is -2.12. The van der Waals surface area contributed by atoms with Gasteiger partial charge >= 0.3 is 0 Å². The fraction of sp³-hybridized carbons (Fsp3) is 0.833. The molecule has 4 nitrogen and oxygen atoms in total. The zero-order valence-electron chi connectivity index (χ0n) is 5.84. The standard InChI is InChI=1S/C6H11N3O/c7-8-3-5-9-4-1-2-6(9)10/h7H,1-5H2. The molecular weight excluding hydrogens is 130 g/mol. The lowest BCUT2D eigenvalue weighted by atomic mass is 10.4. The summed E-state index contributed by atoms with van der Waals surface area (Å²) in [4.78, 5) is 12.7. The molecule has 1 aliphatic heterocycles. The lowest BCUT2D eigenvalue weighted by molar-refractivity contribution is -0.127. The maximum atomic E-state index is 10.9. The zero-order chi connectivity index (χ0) is 7.40. The van der Waals surface area contributed by atoms with Crippen LogP contribution in [0, 0.1) is 5.53 Å². The van der Waals surface area contributed by atoms with E-state index >= 15 is 0 Å². The van der Waals surface area contributed by atoms with Crippen molar-refractivity contribution in [1.29, 1.82) is 5.53 Å². The Bertz CT molecular complexity index is 146. The number of amides is 1. The van der Waals surface area contributed by atoms with Gasteiger partial charge in [-0.3, -0.25) is 4.79 Å². The van der Waals surface area contributed by atoms with E-state index < -0.39 is 0 Å². The van der Waals surface area contributed by atoms with E-state index in [2.05, 4.69) is 5.11 Å². The second kappa shape index (κ2) is 3.29. The molecule has 1 aliphatic rings. The van der Waals surface area contributed by atoms with Crippen LogP contribution in [0.1, 0.15) is 12.8 Å². The van der Waals surface area contributed by atoms with Crippen LogP contribution in [-0.2, 0) is 4.79 Å². The van der Waals surface area contributed by atoms with E-state index in [-0.39, 0.29) is 5.91 Å². The zero-order valence-corrected chi connectivity index (χ0v) is 5.84. The van der Waals surface area contributed by atoms with Gasteiger partial charge in [-0.15, -0.1) is 0 Å². The normalized spacial score (nSPS) is 18.0. The predicted octanol–water partition coefficient (Wildman–Crippen LogP) is 0.640. The molecule has 0 saturated carbocycles. The highest BCUT2D eigenvalue weighted by atomic mass is 16.2. The number of hydrogen-bond acceptors (Lipinski definition) is 3. The SMILES string of the molecule is N=NCCN1CCCC1=O. The van der Waals surface area contributed by atoms with Crippen LogP contribution in [0.25, 0.3) is 0 Å². The van der Waals surface area contributed by atoms with E-state index in [0.29, 0.717) is 19.5 Å². The Hall–Kier alpha value is -0.930. The van der Waals surface area contributed by atoms with Crippen molar-refractivity contribution < 1.29 is 4.79 Å². The van der Waals surface area contributed by atoms with Gasteiger partial charge in [0.05, 0.1) is 6.54 Å². The van der Waals surface area contributed by atoms with E-state index in [4.69, 9.17) is 5.53 Å². The molecule has 0 spiro atoms. The molecule has 0 radical (unpaired) electrons. The molecule has 10 heavy (non-hydrogen) atoms. The summed E-state index contributed by atoms with van der Waals surface area (Å²) in [5.41, 5.74) is 6.52. The topological polar surface area (TPSA) is 56.5 Å². The van der Waals surface area contributed by atoms with E-state index in [0.717, 1.165) is 13.0 Å². The fourth-order valence-corrected chi connectivity index (χ4v) is 1.11. The Balaban J connectivity index is 2.26. The van der Waals surface area contributed by atoms with Gasteiger partial charge in [-0.05, 0) is 6.42 Å². The number of likely N-dealkylation sites (tertiary alicyclic amines) is 1. The minimum Gasteiger partial charge on any atom is -0.341 e. The van der Waals surface area contributed by atoms with Crippen LogP contribution < -0.4 is 0 Å². The molecular formula is C6H11N3O. The number of carbonyl (C=O) groups is 1. The Kier molecular flexibility index (Phi) is 2.36. The Morgan fingerprint density at radius 3 is 3.00 bits per heavy atom. The van der Waals surface area contributed by atoms with Gasteiger partial charge in [0.1, 0.15) is 0 Å². The summed E-state index contributed by atoms with van der Waals surface area (Å²) >= 11 is 0. The first-order chi connectivity index (χ1) is 4.84. The van der Waals surface area contributed by atoms with Gasteiger partial charge in [-0.25, -0.2) is 5.53 Å². The van der Waals surface area contributed by atoms with Crippen molar-refractivity contribution in [1.82, 2.24) is 4.90 Å². The van der Waals surface area contributed by atoms with Gasteiger partial charge < -0.3 is 4.90 Å². The van der Waals surface area contributed by atoms with Crippen molar-refractivity contribution in [2.45, 2.75) is 12.8 Å². The number of hydrogen-bond donors (Lipinski definition) is 1. The highest BCUT2D eigenvalue weighted by Gasteiger charge is 2.18. The minimum absolute atomic E-state index is 0.212. The number of nitrogens with one attached hydrogen (secondary N) is 1. The van der Waals surface area contributed by atoms with Crippen molar-refractivity contribution in [3.8, 4) is 0 Å². The van der Waals surface area contributed by atoms with Crippen molar-refractivity contribution in [2.24, 2.45) is 5.11 Å². The molecule has 0 bridgehead atoms. The quantitative estimate of drug-likeness (QED) is 0.576. The maximum Gasteiger partial charge on any atom is 0.222 e. The molecule has 1 amide bonds. The highest BCUT2D eigenvalue weighted by Crippen LogP contribution is 2.08. The van der Waals surface area contributed by atoms with Crippen LogP contribution in [0.5, 0.6) is 0 Å². The Morgan fingerprint density at radius 1 is 1.70 bits per heavy atom. The molecule has 0 aromatic rings. The molecule has 0 unspecified atom stereocenters. The lowest BCUT2D eigenvalue weighted by Crippen LogP contribution is -2.27. The second-order valence-corrected chi connectivity index (χ2v) is 2.37. The molecule has 0 aromatic carbocycles. The maximum absolute atomic E-state index is 10.9. The average molecular weight is 141 g/mol. The summed E-state index contributed by atoms with van der Waals surface area (Å²) in [6.07, 6.45) is 1.65. The molecule has 4 heteroatoms. The van der Waals surface area contributed by atoms with Crippen LogP contribution in [0.15, 0.2) is 5.11 Å². The van der Waals surface area contributed by atoms with Gasteiger partial charge in [0.15, 0.2) is 0 Å². The van der Waals surface area contributed by atoms with Crippen LogP contribution in [-0.4, -0.2) is 30.4 Å². The van der Waals surface area contributed by atoms with Gasteiger partial charge in [0.2, 0.25) is 5.91 Å². The van der Waals surface area contributed by atoms with Crippen molar-refractivity contribution in [3.63, 3.8) is 0 Å².